The zero-order valence-electron chi connectivity index (χ0n) is 14.9. The molecule has 4 rings (SSSR count). The van der Waals surface area contributed by atoms with E-state index in [1.54, 1.807) is 6.20 Å². The third-order valence-corrected chi connectivity index (χ3v) is 5.08. The molecule has 138 valence electrons. The Hall–Kier alpha value is -2.32. The van der Waals surface area contributed by atoms with Crippen LogP contribution in [-0.2, 0) is 11.3 Å². The first-order chi connectivity index (χ1) is 12.6. The molecule has 2 aliphatic heterocycles. The number of carbonyl (C=O) groups is 1. The van der Waals surface area contributed by atoms with Crippen LogP contribution < -0.4 is 5.32 Å². The first-order valence-electron chi connectivity index (χ1n) is 8.97. The van der Waals surface area contributed by atoms with Crippen molar-refractivity contribution in [1.29, 1.82) is 0 Å². The number of hydrogen-bond acceptors (Lipinski definition) is 7. The smallest absolute Gasteiger partial charge is 0.271 e. The lowest BCUT2D eigenvalue weighted by Crippen LogP contribution is -2.50. The van der Waals surface area contributed by atoms with E-state index in [9.17, 15) is 4.79 Å². The standard InChI is InChI=1S/C18H23N5O3/c1-13-8-15(22-26-13)11-23-6-3-18(12-23)9-14(2-7-25-18)21-17(24)16-10-19-4-5-20-16/h4-5,8,10,14H,2-3,6-7,9,11-12H2,1H3,(H,21,24)/t14-,18+/m0/s1. The Morgan fingerprint density at radius 3 is 3.15 bits per heavy atom. The summed E-state index contributed by atoms with van der Waals surface area (Å²) < 4.78 is 11.3. The van der Waals surface area contributed by atoms with Gasteiger partial charge in [0.05, 0.1) is 17.5 Å². The maximum atomic E-state index is 12.3. The highest BCUT2D eigenvalue weighted by molar-refractivity contribution is 5.92. The minimum atomic E-state index is -0.197. The van der Waals surface area contributed by atoms with Crippen molar-refractivity contribution in [3.05, 3.63) is 41.8 Å². The molecule has 2 fully saturated rings. The Kier molecular flexibility index (Phi) is 4.69. The second-order valence-electron chi connectivity index (χ2n) is 7.17. The normalized spacial score (nSPS) is 26.3. The van der Waals surface area contributed by atoms with Gasteiger partial charge in [-0.1, -0.05) is 5.16 Å². The Morgan fingerprint density at radius 1 is 1.46 bits per heavy atom. The maximum absolute atomic E-state index is 12.3. The third kappa shape index (κ3) is 3.76. The lowest BCUT2D eigenvalue weighted by Gasteiger charge is -2.38. The number of hydrogen-bond donors (Lipinski definition) is 1. The molecule has 0 radical (unpaired) electrons. The number of likely N-dealkylation sites (tertiary alicyclic amines) is 1. The SMILES string of the molecule is Cc1cc(CN2CC[C@@]3(C[C@@H](NC(=O)c4cnccn4)CCO3)C2)no1. The van der Waals surface area contributed by atoms with Crippen LogP contribution in [0.4, 0.5) is 0 Å². The molecule has 0 unspecified atom stereocenters. The van der Waals surface area contributed by atoms with Gasteiger partial charge in [-0.2, -0.15) is 0 Å². The van der Waals surface area contributed by atoms with E-state index in [-0.39, 0.29) is 17.6 Å². The van der Waals surface area contributed by atoms with E-state index >= 15 is 0 Å². The second-order valence-corrected chi connectivity index (χ2v) is 7.17. The quantitative estimate of drug-likeness (QED) is 0.882. The maximum Gasteiger partial charge on any atom is 0.271 e. The van der Waals surface area contributed by atoms with Crippen molar-refractivity contribution in [2.24, 2.45) is 0 Å². The predicted molar refractivity (Wildman–Crippen MR) is 92.3 cm³/mol. The molecule has 26 heavy (non-hydrogen) atoms. The molecule has 1 amide bonds. The van der Waals surface area contributed by atoms with Crippen LogP contribution in [0.15, 0.2) is 29.2 Å². The average molecular weight is 357 g/mol. The Bertz CT molecular complexity index is 765. The van der Waals surface area contributed by atoms with Crippen LogP contribution in [0.1, 0.15) is 41.2 Å². The monoisotopic (exact) mass is 357 g/mol. The molecule has 0 bridgehead atoms. The molecule has 8 heteroatoms. The Labute approximate surface area is 151 Å². The van der Waals surface area contributed by atoms with Crippen molar-refractivity contribution in [3.63, 3.8) is 0 Å². The Morgan fingerprint density at radius 2 is 2.38 bits per heavy atom. The highest BCUT2D eigenvalue weighted by atomic mass is 16.5. The largest absolute Gasteiger partial charge is 0.373 e. The summed E-state index contributed by atoms with van der Waals surface area (Å²) >= 11 is 0. The Balaban J connectivity index is 1.35. The van der Waals surface area contributed by atoms with Crippen LogP contribution in [0, 0.1) is 6.92 Å². The minimum absolute atomic E-state index is 0.0903. The van der Waals surface area contributed by atoms with Crippen LogP contribution >= 0.6 is 0 Å². The fourth-order valence-corrected chi connectivity index (χ4v) is 3.90. The van der Waals surface area contributed by atoms with Crippen molar-refractivity contribution < 1.29 is 14.1 Å². The van der Waals surface area contributed by atoms with Crippen LogP contribution in [0.3, 0.4) is 0 Å². The minimum Gasteiger partial charge on any atom is -0.373 e. The number of carbonyl (C=O) groups excluding carboxylic acids is 1. The summed E-state index contributed by atoms with van der Waals surface area (Å²) in [7, 11) is 0. The number of ether oxygens (including phenoxy) is 1. The van der Waals surface area contributed by atoms with Gasteiger partial charge in [-0.25, -0.2) is 4.98 Å². The van der Waals surface area contributed by atoms with Gasteiger partial charge in [0.2, 0.25) is 0 Å². The fourth-order valence-electron chi connectivity index (χ4n) is 3.90. The zero-order valence-corrected chi connectivity index (χ0v) is 14.9. The van der Waals surface area contributed by atoms with Crippen molar-refractivity contribution >= 4 is 5.91 Å². The van der Waals surface area contributed by atoms with Gasteiger partial charge in [-0.3, -0.25) is 14.7 Å². The lowest BCUT2D eigenvalue weighted by atomic mass is 9.89. The van der Waals surface area contributed by atoms with E-state index in [0.29, 0.717) is 12.3 Å². The summed E-state index contributed by atoms with van der Waals surface area (Å²) in [6.07, 6.45) is 7.16. The molecule has 1 N–H and O–H groups in total. The van der Waals surface area contributed by atoms with Crippen LogP contribution in [0.5, 0.6) is 0 Å². The topological polar surface area (TPSA) is 93.4 Å². The highest BCUT2D eigenvalue weighted by Crippen LogP contribution is 2.35. The van der Waals surface area contributed by atoms with Crippen LogP contribution in [0.2, 0.25) is 0 Å². The first-order valence-corrected chi connectivity index (χ1v) is 8.97. The summed E-state index contributed by atoms with van der Waals surface area (Å²) in [5, 5.41) is 7.16. The van der Waals surface area contributed by atoms with E-state index in [2.05, 4.69) is 25.3 Å². The molecule has 2 atom stereocenters. The predicted octanol–water partition coefficient (Wildman–Crippen LogP) is 1.33. The zero-order chi connectivity index (χ0) is 18.0. The van der Waals surface area contributed by atoms with E-state index in [1.807, 2.05) is 13.0 Å². The van der Waals surface area contributed by atoms with Crippen molar-refractivity contribution in [2.45, 2.75) is 44.4 Å². The van der Waals surface area contributed by atoms with Gasteiger partial charge in [0, 0.05) is 50.7 Å². The summed E-state index contributed by atoms with van der Waals surface area (Å²) in [5.74, 6) is 0.655. The molecule has 0 aromatic carbocycles. The van der Waals surface area contributed by atoms with Gasteiger partial charge in [0.1, 0.15) is 11.5 Å². The van der Waals surface area contributed by atoms with Gasteiger partial charge in [0.15, 0.2) is 0 Å². The van der Waals surface area contributed by atoms with E-state index in [0.717, 1.165) is 50.4 Å². The molecule has 0 saturated carbocycles. The van der Waals surface area contributed by atoms with E-state index in [1.165, 1.54) is 12.4 Å². The van der Waals surface area contributed by atoms with E-state index in [4.69, 9.17) is 9.26 Å². The fraction of sp³-hybridized carbons (Fsp3) is 0.556. The van der Waals surface area contributed by atoms with Gasteiger partial charge in [-0.15, -0.1) is 0 Å². The molecular formula is C18H23N5O3. The lowest BCUT2D eigenvalue weighted by molar-refractivity contribution is -0.0793. The molecule has 8 nitrogen and oxygen atoms in total. The summed E-state index contributed by atoms with van der Waals surface area (Å²) in [6, 6.07) is 2.06. The molecule has 2 aromatic heterocycles. The molecule has 4 heterocycles. The van der Waals surface area contributed by atoms with Crippen molar-refractivity contribution in [2.75, 3.05) is 19.7 Å². The number of aryl methyl sites for hydroxylation is 1. The van der Waals surface area contributed by atoms with E-state index < -0.39 is 0 Å². The number of rotatable bonds is 4. The molecule has 0 aliphatic carbocycles. The third-order valence-electron chi connectivity index (χ3n) is 5.08. The molecule has 2 aromatic rings. The van der Waals surface area contributed by atoms with Crippen molar-refractivity contribution in [3.8, 4) is 0 Å². The molecule has 2 saturated heterocycles. The van der Waals surface area contributed by atoms with Gasteiger partial charge in [0.25, 0.3) is 5.91 Å². The van der Waals surface area contributed by atoms with Crippen molar-refractivity contribution in [1.82, 2.24) is 25.3 Å². The van der Waals surface area contributed by atoms with Gasteiger partial charge >= 0.3 is 0 Å². The van der Waals surface area contributed by atoms with Gasteiger partial charge < -0.3 is 14.6 Å². The van der Waals surface area contributed by atoms with Crippen LogP contribution in [0.25, 0.3) is 0 Å². The summed E-state index contributed by atoms with van der Waals surface area (Å²) in [6.45, 7) is 5.12. The molecule has 2 aliphatic rings. The van der Waals surface area contributed by atoms with Gasteiger partial charge in [-0.05, 0) is 26.2 Å². The highest BCUT2D eigenvalue weighted by Gasteiger charge is 2.43. The first kappa shape index (κ1) is 17.1. The molecular weight excluding hydrogens is 334 g/mol. The average Bonchev–Trinajstić information content (AvgIpc) is 3.22. The number of aromatic nitrogens is 3. The number of nitrogens with one attached hydrogen (secondary N) is 1. The number of nitrogens with zero attached hydrogens (tertiary/aromatic N) is 4. The summed E-state index contributed by atoms with van der Waals surface area (Å²) in [5.41, 5.74) is 1.10. The van der Waals surface area contributed by atoms with Crippen LogP contribution in [-0.4, -0.2) is 57.3 Å². The molecule has 1 spiro atoms. The second kappa shape index (κ2) is 7.13. The summed E-state index contributed by atoms with van der Waals surface area (Å²) in [4.78, 5) is 22.7. The number of amides is 1.